The number of allylic oxidation sites excluding steroid dienone is 1. The number of ether oxygens (including phenoxy) is 1. The molecule has 0 N–H and O–H groups in total. The fraction of sp³-hybridized carbons (Fsp3) is 0.231. The number of hydrogen-bond acceptors (Lipinski definition) is 3. The second-order valence-electron chi connectivity index (χ2n) is 7.16. The van der Waals surface area contributed by atoms with Gasteiger partial charge in [-0.15, -0.1) is 0 Å². The summed E-state index contributed by atoms with van der Waals surface area (Å²) in [6.45, 7) is 5.67. The molecule has 0 bridgehead atoms. The highest BCUT2D eigenvalue weighted by atomic mass is 19.1. The molecule has 0 saturated carbocycles. The van der Waals surface area contributed by atoms with E-state index in [1.54, 1.807) is 25.4 Å². The quantitative estimate of drug-likeness (QED) is 0.273. The van der Waals surface area contributed by atoms with Gasteiger partial charge in [0, 0.05) is 5.56 Å². The maximum absolute atomic E-state index is 12.8. The minimum atomic E-state index is -0.716. The van der Waals surface area contributed by atoms with Crippen LogP contribution in [0.5, 0.6) is 5.75 Å². The molecule has 0 spiro atoms. The Morgan fingerprint density at radius 2 is 1.57 bits per heavy atom. The average molecular weight is 403 g/mol. The van der Waals surface area contributed by atoms with Crippen LogP contribution >= 0.6 is 0 Å². The highest BCUT2D eigenvalue weighted by molar-refractivity contribution is 5.69. The maximum Gasteiger partial charge on any atom is 0.159 e. The molecule has 3 aromatic rings. The Morgan fingerprint density at radius 3 is 2.17 bits per heavy atom. The number of hydrogen-bond donors (Lipinski definition) is 0. The number of benzene rings is 2. The molecule has 4 heteroatoms. The molecule has 0 aliphatic rings. The van der Waals surface area contributed by atoms with Crippen molar-refractivity contribution in [1.82, 2.24) is 9.97 Å². The summed E-state index contributed by atoms with van der Waals surface area (Å²) < 4.78 is 18.2. The standard InChI is InChI=1S/C26H27FN2O/c1-3-17-30-25-18-28-26(29-19-25)24-15-13-23(14-16-24)22-11-9-21(10-12-22)8-6-4-5-7-20(2)27/h3,6,8-16,18-20H,1,4-5,7,17H2,2H3. The van der Waals surface area contributed by atoms with Crippen LogP contribution in [0, 0.1) is 0 Å². The molecule has 2 aromatic carbocycles. The predicted molar refractivity (Wildman–Crippen MR) is 122 cm³/mol. The van der Waals surface area contributed by atoms with Gasteiger partial charge in [-0.25, -0.2) is 14.4 Å². The van der Waals surface area contributed by atoms with E-state index in [2.05, 4.69) is 65.1 Å². The molecular formula is C26H27FN2O. The van der Waals surface area contributed by atoms with Gasteiger partial charge in [0.1, 0.15) is 6.61 Å². The van der Waals surface area contributed by atoms with Crippen molar-refractivity contribution in [3.05, 3.63) is 85.2 Å². The van der Waals surface area contributed by atoms with E-state index in [4.69, 9.17) is 4.74 Å². The first-order chi connectivity index (χ1) is 14.7. The van der Waals surface area contributed by atoms with Crippen LogP contribution in [0.1, 0.15) is 31.7 Å². The molecule has 1 atom stereocenters. The summed E-state index contributed by atoms with van der Waals surface area (Å²) in [5, 5.41) is 0. The second-order valence-corrected chi connectivity index (χ2v) is 7.16. The molecule has 0 aliphatic heterocycles. The van der Waals surface area contributed by atoms with Gasteiger partial charge in [-0.1, -0.05) is 73.3 Å². The van der Waals surface area contributed by atoms with Crippen molar-refractivity contribution in [2.45, 2.75) is 32.4 Å². The summed E-state index contributed by atoms with van der Waals surface area (Å²) in [6.07, 6.45) is 10.9. The minimum absolute atomic E-state index is 0.435. The summed E-state index contributed by atoms with van der Waals surface area (Å²) in [4.78, 5) is 8.74. The van der Waals surface area contributed by atoms with Gasteiger partial charge in [-0.3, -0.25) is 0 Å². The molecule has 3 rings (SSSR count). The van der Waals surface area contributed by atoms with E-state index in [-0.39, 0.29) is 0 Å². The summed E-state index contributed by atoms with van der Waals surface area (Å²) in [5.74, 6) is 1.29. The highest BCUT2D eigenvalue weighted by Gasteiger charge is 2.04. The lowest BCUT2D eigenvalue weighted by Gasteiger charge is -2.06. The van der Waals surface area contributed by atoms with Gasteiger partial charge in [-0.05, 0) is 42.9 Å². The van der Waals surface area contributed by atoms with E-state index in [0.717, 1.165) is 35.1 Å². The third-order valence-corrected chi connectivity index (χ3v) is 4.67. The SMILES string of the molecule is C=CCOc1cnc(-c2ccc(-c3ccc(C=CCCCC(C)F)cc3)cc2)nc1. The first-order valence-electron chi connectivity index (χ1n) is 10.2. The van der Waals surface area contributed by atoms with Gasteiger partial charge in [-0.2, -0.15) is 0 Å². The van der Waals surface area contributed by atoms with Crippen molar-refractivity contribution < 1.29 is 9.13 Å². The molecule has 3 nitrogen and oxygen atoms in total. The summed E-state index contributed by atoms with van der Waals surface area (Å²) >= 11 is 0. The Bertz CT molecular complexity index is 946. The van der Waals surface area contributed by atoms with Crippen LogP contribution in [0.25, 0.3) is 28.6 Å². The van der Waals surface area contributed by atoms with E-state index in [1.807, 2.05) is 12.1 Å². The first-order valence-corrected chi connectivity index (χ1v) is 10.2. The molecule has 1 heterocycles. The van der Waals surface area contributed by atoms with Gasteiger partial charge in [0.15, 0.2) is 11.6 Å². The van der Waals surface area contributed by atoms with Crippen molar-refractivity contribution in [2.75, 3.05) is 6.61 Å². The maximum atomic E-state index is 12.8. The molecule has 30 heavy (non-hydrogen) atoms. The Labute approximate surface area is 178 Å². The van der Waals surface area contributed by atoms with Gasteiger partial charge in [0.05, 0.1) is 18.6 Å². The third-order valence-electron chi connectivity index (χ3n) is 4.67. The van der Waals surface area contributed by atoms with Crippen molar-refractivity contribution in [1.29, 1.82) is 0 Å². The van der Waals surface area contributed by atoms with Crippen molar-refractivity contribution in [2.24, 2.45) is 0 Å². The van der Waals surface area contributed by atoms with Gasteiger partial charge >= 0.3 is 0 Å². The number of unbranched alkanes of at least 4 members (excludes halogenated alkanes) is 1. The van der Waals surface area contributed by atoms with Crippen molar-refractivity contribution >= 4 is 6.08 Å². The highest BCUT2D eigenvalue weighted by Crippen LogP contribution is 2.24. The topological polar surface area (TPSA) is 35.0 Å². The fourth-order valence-electron chi connectivity index (χ4n) is 3.03. The van der Waals surface area contributed by atoms with Gasteiger partial charge in [0.2, 0.25) is 0 Å². The molecule has 1 aromatic heterocycles. The molecule has 0 radical (unpaired) electrons. The predicted octanol–water partition coefficient (Wildman–Crippen LogP) is 6.92. The first kappa shape index (κ1) is 21.4. The zero-order valence-electron chi connectivity index (χ0n) is 17.3. The number of nitrogens with zero attached hydrogens (tertiary/aromatic N) is 2. The minimum Gasteiger partial charge on any atom is -0.486 e. The van der Waals surface area contributed by atoms with Crippen molar-refractivity contribution in [3.8, 4) is 28.3 Å². The number of aromatic nitrogens is 2. The van der Waals surface area contributed by atoms with Crippen molar-refractivity contribution in [3.63, 3.8) is 0 Å². The zero-order valence-corrected chi connectivity index (χ0v) is 17.3. The lowest BCUT2D eigenvalue weighted by Crippen LogP contribution is -1.95. The fourth-order valence-corrected chi connectivity index (χ4v) is 3.03. The van der Waals surface area contributed by atoms with E-state index in [1.165, 1.54) is 0 Å². The number of rotatable bonds is 10. The normalized spacial score (nSPS) is 12.1. The van der Waals surface area contributed by atoms with Crippen LogP contribution in [0.15, 0.2) is 79.7 Å². The Morgan fingerprint density at radius 1 is 0.967 bits per heavy atom. The number of alkyl halides is 1. The lowest BCUT2D eigenvalue weighted by molar-refractivity contribution is 0.335. The zero-order chi connectivity index (χ0) is 21.2. The second kappa shape index (κ2) is 11.1. The van der Waals surface area contributed by atoms with E-state index >= 15 is 0 Å². The Hall–Kier alpha value is -3.27. The summed E-state index contributed by atoms with van der Waals surface area (Å²) in [7, 11) is 0. The van der Waals surface area contributed by atoms with Crippen LogP contribution in [0.3, 0.4) is 0 Å². The lowest BCUT2D eigenvalue weighted by atomic mass is 10.0. The smallest absolute Gasteiger partial charge is 0.159 e. The Kier molecular flexibility index (Phi) is 7.90. The summed E-state index contributed by atoms with van der Waals surface area (Å²) in [5.41, 5.74) is 4.39. The van der Waals surface area contributed by atoms with Crippen LogP contribution in [0.4, 0.5) is 4.39 Å². The van der Waals surface area contributed by atoms with Crippen LogP contribution < -0.4 is 4.74 Å². The van der Waals surface area contributed by atoms with Crippen LogP contribution in [-0.4, -0.2) is 22.7 Å². The molecular weight excluding hydrogens is 375 g/mol. The van der Waals surface area contributed by atoms with Crippen LogP contribution in [-0.2, 0) is 0 Å². The molecule has 1 unspecified atom stereocenters. The van der Waals surface area contributed by atoms with Crippen LogP contribution in [0.2, 0.25) is 0 Å². The largest absolute Gasteiger partial charge is 0.486 e. The van der Waals surface area contributed by atoms with E-state index in [0.29, 0.717) is 24.6 Å². The van der Waals surface area contributed by atoms with E-state index < -0.39 is 6.17 Å². The Balaban J connectivity index is 1.60. The van der Waals surface area contributed by atoms with Gasteiger partial charge in [0.25, 0.3) is 0 Å². The molecule has 0 amide bonds. The summed E-state index contributed by atoms with van der Waals surface area (Å²) in [6, 6.07) is 16.6. The molecule has 0 fully saturated rings. The van der Waals surface area contributed by atoms with E-state index in [9.17, 15) is 4.39 Å². The molecule has 0 saturated heterocycles. The van der Waals surface area contributed by atoms with Gasteiger partial charge < -0.3 is 4.74 Å². The molecule has 154 valence electrons. The monoisotopic (exact) mass is 402 g/mol. The number of halogens is 1. The average Bonchev–Trinajstić information content (AvgIpc) is 2.78. The molecule has 0 aliphatic carbocycles. The third kappa shape index (κ3) is 6.38.